The van der Waals surface area contributed by atoms with Gasteiger partial charge in [-0.3, -0.25) is 9.78 Å². The summed E-state index contributed by atoms with van der Waals surface area (Å²) in [6, 6.07) is 1.64. The molecule has 0 unspecified atom stereocenters. The molecule has 0 fully saturated rings. The van der Waals surface area contributed by atoms with Gasteiger partial charge in [-0.2, -0.15) is 0 Å². The Hall–Kier alpha value is -1.25. The van der Waals surface area contributed by atoms with Crippen molar-refractivity contribution in [2.45, 2.75) is 26.4 Å². The summed E-state index contributed by atoms with van der Waals surface area (Å²) in [6.45, 7) is 4.31. The molecule has 0 amide bonds. The molecule has 1 aromatic heterocycles. The van der Waals surface area contributed by atoms with Gasteiger partial charge in [0.25, 0.3) is 0 Å². The number of aryl methyl sites for hydroxylation is 1. The van der Waals surface area contributed by atoms with Crippen molar-refractivity contribution >= 4 is 5.78 Å². The highest BCUT2D eigenvalue weighted by Crippen LogP contribution is 2.16. The molecule has 1 rings (SSSR count). The van der Waals surface area contributed by atoms with E-state index in [0.29, 0.717) is 5.56 Å². The van der Waals surface area contributed by atoms with Crippen LogP contribution < -0.4 is 0 Å². The number of Topliss-reactive ketones (excluding diaryl/α,β-unsaturated/α-hetero) is 1. The van der Waals surface area contributed by atoms with E-state index in [2.05, 4.69) is 4.98 Å². The summed E-state index contributed by atoms with van der Waals surface area (Å²) in [5.41, 5.74) is -0.641. The van der Waals surface area contributed by atoms with Crippen LogP contribution in [0.1, 0.15) is 29.8 Å². The van der Waals surface area contributed by atoms with Crippen molar-refractivity contribution in [1.82, 2.24) is 4.98 Å². The standard InChI is InChI=1S/C10H12FNO/c1-7-4-8(6-12-5-7)9(13)10(2,3)11/h4-6H,1-3H3. The smallest absolute Gasteiger partial charge is 0.200 e. The number of carbonyl (C=O) groups excluding carboxylic acids is 1. The SMILES string of the molecule is Cc1cncc(C(=O)C(C)(C)F)c1. The van der Waals surface area contributed by atoms with E-state index in [1.807, 2.05) is 6.92 Å². The van der Waals surface area contributed by atoms with Crippen molar-refractivity contribution in [1.29, 1.82) is 0 Å². The molecule has 0 atom stereocenters. The van der Waals surface area contributed by atoms with E-state index in [-0.39, 0.29) is 0 Å². The van der Waals surface area contributed by atoms with Crippen molar-refractivity contribution in [2.24, 2.45) is 0 Å². The van der Waals surface area contributed by atoms with Gasteiger partial charge in [-0.1, -0.05) is 0 Å². The van der Waals surface area contributed by atoms with Crippen LogP contribution in [0.2, 0.25) is 0 Å². The number of alkyl halides is 1. The Labute approximate surface area is 76.8 Å². The van der Waals surface area contributed by atoms with Gasteiger partial charge in [0.05, 0.1) is 0 Å². The van der Waals surface area contributed by atoms with Gasteiger partial charge in [0, 0.05) is 18.0 Å². The Kier molecular flexibility index (Phi) is 2.45. The molecule has 0 aliphatic carbocycles. The first kappa shape index (κ1) is 9.84. The lowest BCUT2D eigenvalue weighted by Gasteiger charge is -2.12. The lowest BCUT2D eigenvalue weighted by atomic mass is 9.99. The third-order valence-electron chi connectivity index (χ3n) is 1.68. The summed E-state index contributed by atoms with van der Waals surface area (Å²) >= 11 is 0. The van der Waals surface area contributed by atoms with Crippen LogP contribution in [-0.2, 0) is 0 Å². The second kappa shape index (κ2) is 3.24. The van der Waals surface area contributed by atoms with E-state index < -0.39 is 11.5 Å². The average molecular weight is 181 g/mol. The van der Waals surface area contributed by atoms with Crippen molar-refractivity contribution < 1.29 is 9.18 Å². The summed E-state index contributed by atoms with van der Waals surface area (Å²) in [6.07, 6.45) is 3.01. The highest BCUT2D eigenvalue weighted by Gasteiger charge is 2.27. The summed E-state index contributed by atoms with van der Waals surface area (Å²) in [5.74, 6) is -0.524. The van der Waals surface area contributed by atoms with Gasteiger partial charge in [-0.25, -0.2) is 4.39 Å². The van der Waals surface area contributed by atoms with E-state index in [0.717, 1.165) is 5.56 Å². The van der Waals surface area contributed by atoms with Gasteiger partial charge in [-0.15, -0.1) is 0 Å². The lowest BCUT2D eigenvalue weighted by Crippen LogP contribution is -2.26. The first-order valence-corrected chi connectivity index (χ1v) is 4.06. The predicted molar refractivity (Wildman–Crippen MR) is 48.5 cm³/mol. The van der Waals surface area contributed by atoms with Crippen molar-refractivity contribution in [3.8, 4) is 0 Å². The van der Waals surface area contributed by atoms with Gasteiger partial charge in [0.1, 0.15) is 0 Å². The Bertz CT molecular complexity index is 328. The Morgan fingerprint density at radius 2 is 2.08 bits per heavy atom. The Morgan fingerprint density at radius 1 is 1.46 bits per heavy atom. The molecule has 0 spiro atoms. The molecule has 0 aliphatic rings. The number of rotatable bonds is 2. The largest absolute Gasteiger partial charge is 0.291 e. The molecular weight excluding hydrogens is 169 g/mol. The molecule has 0 aromatic carbocycles. The number of nitrogens with zero attached hydrogens (tertiary/aromatic N) is 1. The Morgan fingerprint density at radius 3 is 2.54 bits per heavy atom. The quantitative estimate of drug-likeness (QED) is 0.655. The van der Waals surface area contributed by atoms with E-state index in [9.17, 15) is 9.18 Å². The molecule has 0 radical (unpaired) electrons. The summed E-state index contributed by atoms with van der Waals surface area (Å²) in [5, 5.41) is 0. The minimum Gasteiger partial charge on any atom is -0.291 e. The number of carbonyl (C=O) groups is 1. The number of ketones is 1. The topological polar surface area (TPSA) is 30.0 Å². The molecule has 1 aromatic rings. The third kappa shape index (κ3) is 2.34. The fraction of sp³-hybridized carbons (Fsp3) is 0.400. The molecule has 70 valence electrons. The highest BCUT2D eigenvalue weighted by atomic mass is 19.1. The van der Waals surface area contributed by atoms with Crippen molar-refractivity contribution in [2.75, 3.05) is 0 Å². The number of pyridine rings is 1. The van der Waals surface area contributed by atoms with Crippen LogP contribution in [0.25, 0.3) is 0 Å². The molecule has 0 bridgehead atoms. The second-order valence-corrected chi connectivity index (χ2v) is 3.55. The number of hydrogen-bond donors (Lipinski definition) is 0. The fourth-order valence-corrected chi connectivity index (χ4v) is 1.02. The van der Waals surface area contributed by atoms with Crippen LogP contribution in [0.15, 0.2) is 18.5 Å². The minimum absolute atomic E-state index is 0.326. The van der Waals surface area contributed by atoms with Crippen LogP contribution in [0.4, 0.5) is 4.39 Å². The van der Waals surface area contributed by atoms with Crippen LogP contribution in [0.3, 0.4) is 0 Å². The van der Waals surface area contributed by atoms with Gasteiger partial charge < -0.3 is 0 Å². The van der Waals surface area contributed by atoms with Crippen LogP contribution >= 0.6 is 0 Å². The maximum absolute atomic E-state index is 13.2. The van der Waals surface area contributed by atoms with Crippen LogP contribution in [-0.4, -0.2) is 16.4 Å². The molecular formula is C10H12FNO. The van der Waals surface area contributed by atoms with Gasteiger partial charge in [-0.05, 0) is 32.4 Å². The first-order chi connectivity index (χ1) is 5.91. The molecule has 1 heterocycles. The molecule has 0 saturated heterocycles. The Balaban J connectivity index is 3.03. The van der Waals surface area contributed by atoms with Gasteiger partial charge in [0.2, 0.25) is 5.78 Å². The molecule has 13 heavy (non-hydrogen) atoms. The van der Waals surface area contributed by atoms with Crippen molar-refractivity contribution in [3.63, 3.8) is 0 Å². The van der Waals surface area contributed by atoms with Crippen LogP contribution in [0.5, 0.6) is 0 Å². The van der Waals surface area contributed by atoms with E-state index in [1.54, 1.807) is 12.3 Å². The second-order valence-electron chi connectivity index (χ2n) is 3.55. The zero-order valence-corrected chi connectivity index (χ0v) is 7.97. The fourth-order valence-electron chi connectivity index (χ4n) is 1.02. The first-order valence-electron chi connectivity index (χ1n) is 4.06. The zero-order valence-electron chi connectivity index (χ0n) is 7.97. The third-order valence-corrected chi connectivity index (χ3v) is 1.68. The molecule has 3 heteroatoms. The highest BCUT2D eigenvalue weighted by molar-refractivity contribution is 6.01. The zero-order chi connectivity index (χ0) is 10.1. The van der Waals surface area contributed by atoms with E-state index in [4.69, 9.17) is 0 Å². The van der Waals surface area contributed by atoms with Crippen LogP contribution in [0, 0.1) is 6.92 Å². The van der Waals surface area contributed by atoms with E-state index >= 15 is 0 Å². The minimum atomic E-state index is -1.82. The monoisotopic (exact) mass is 181 g/mol. The maximum Gasteiger partial charge on any atom is 0.200 e. The molecule has 2 nitrogen and oxygen atoms in total. The maximum atomic E-state index is 13.2. The predicted octanol–water partition coefficient (Wildman–Crippen LogP) is 2.32. The summed E-state index contributed by atoms with van der Waals surface area (Å²) < 4.78 is 13.2. The summed E-state index contributed by atoms with van der Waals surface area (Å²) in [7, 11) is 0. The van der Waals surface area contributed by atoms with Gasteiger partial charge in [0.15, 0.2) is 5.67 Å². The van der Waals surface area contributed by atoms with Crippen molar-refractivity contribution in [3.05, 3.63) is 29.6 Å². The summed E-state index contributed by atoms with van der Waals surface area (Å²) in [4.78, 5) is 15.2. The van der Waals surface area contributed by atoms with Gasteiger partial charge >= 0.3 is 0 Å². The molecule has 0 N–H and O–H groups in total. The average Bonchev–Trinajstić information content (AvgIpc) is 2.01. The lowest BCUT2D eigenvalue weighted by molar-refractivity contribution is 0.0760. The molecule has 0 aliphatic heterocycles. The number of hydrogen-bond acceptors (Lipinski definition) is 2. The normalized spacial score (nSPS) is 11.4. The number of halogens is 1. The number of aromatic nitrogens is 1. The molecule has 0 saturated carbocycles. The van der Waals surface area contributed by atoms with E-state index in [1.165, 1.54) is 20.0 Å².